The van der Waals surface area contributed by atoms with Crippen molar-refractivity contribution in [2.45, 2.75) is 218 Å². The monoisotopic (exact) mass is 759 g/mol. The maximum Gasteiger partial charge on any atom is 0.472 e. The van der Waals surface area contributed by atoms with Crippen molar-refractivity contribution in [3.63, 3.8) is 0 Å². The molecule has 308 valence electrons. The van der Waals surface area contributed by atoms with E-state index in [9.17, 15) is 24.5 Å². The van der Waals surface area contributed by atoms with Crippen molar-refractivity contribution in [3.8, 4) is 0 Å². The number of carbonyl (C=O) groups excluding carboxylic acids is 1. The minimum atomic E-state index is -4.40. The van der Waals surface area contributed by atoms with Crippen LogP contribution in [0, 0.1) is 0 Å². The minimum Gasteiger partial charge on any atom is -0.393 e. The molecule has 10 heteroatoms. The number of phosphoric acid groups is 1. The molecule has 0 aliphatic rings. The molecule has 0 saturated carbocycles. The molecule has 0 aliphatic carbocycles. The lowest BCUT2D eigenvalue weighted by Gasteiger charge is -2.24. The van der Waals surface area contributed by atoms with Crippen LogP contribution in [-0.2, 0) is 18.4 Å². The molecule has 4 atom stereocenters. The van der Waals surface area contributed by atoms with Crippen molar-refractivity contribution in [2.24, 2.45) is 5.73 Å². The molecule has 1 amide bonds. The van der Waals surface area contributed by atoms with Crippen molar-refractivity contribution < 1.29 is 33.5 Å². The van der Waals surface area contributed by atoms with Crippen LogP contribution in [0.2, 0.25) is 0 Å². The molecule has 0 saturated heterocycles. The topological polar surface area (TPSA) is 151 Å². The van der Waals surface area contributed by atoms with E-state index < -0.39 is 38.6 Å². The number of hydrogen-bond donors (Lipinski definition) is 5. The second-order valence-electron chi connectivity index (χ2n) is 14.7. The van der Waals surface area contributed by atoms with E-state index in [0.29, 0.717) is 12.8 Å². The summed E-state index contributed by atoms with van der Waals surface area (Å²) in [5.41, 5.74) is 5.35. The molecular formula is C42H83N2O7P. The molecule has 0 radical (unpaired) electrons. The summed E-state index contributed by atoms with van der Waals surface area (Å²) in [6.07, 6.45) is 40.0. The standard InChI is InChI=1S/C42H83N2O7P/c1-3-5-7-9-11-13-15-16-17-18-19-20-21-22-23-24-25-27-29-31-33-39(45)37-42(47)44-40(38-51-52(48,49)50-36-35-43)41(46)34-32-30-28-26-14-12-10-8-6-4-2/h14,26,32,34,39-41,45-46H,3-13,15-25,27-31,33,35-38,43H2,1-2H3,(H,44,47)(H,48,49)/b26-14+,34-32+. The van der Waals surface area contributed by atoms with Gasteiger partial charge in [0.05, 0.1) is 37.9 Å². The summed E-state index contributed by atoms with van der Waals surface area (Å²) in [5, 5.41) is 23.9. The lowest BCUT2D eigenvalue weighted by molar-refractivity contribution is -0.124. The highest BCUT2D eigenvalue weighted by atomic mass is 31.2. The zero-order valence-electron chi connectivity index (χ0n) is 33.7. The van der Waals surface area contributed by atoms with Crippen molar-refractivity contribution >= 4 is 13.7 Å². The highest BCUT2D eigenvalue weighted by molar-refractivity contribution is 7.47. The Labute approximate surface area is 320 Å². The van der Waals surface area contributed by atoms with E-state index in [1.807, 2.05) is 6.08 Å². The number of phosphoric ester groups is 1. The number of rotatable bonds is 40. The van der Waals surface area contributed by atoms with E-state index in [4.69, 9.17) is 14.8 Å². The van der Waals surface area contributed by atoms with E-state index in [-0.39, 0.29) is 19.6 Å². The number of aliphatic hydroxyl groups excluding tert-OH is 2. The van der Waals surface area contributed by atoms with E-state index in [0.717, 1.165) is 32.1 Å². The molecule has 0 aliphatic heterocycles. The smallest absolute Gasteiger partial charge is 0.393 e. The lowest BCUT2D eigenvalue weighted by atomic mass is 10.0. The summed E-state index contributed by atoms with van der Waals surface area (Å²) < 4.78 is 22.0. The Hall–Kier alpha value is -1.06. The van der Waals surface area contributed by atoms with Crippen LogP contribution >= 0.6 is 7.82 Å². The molecule has 52 heavy (non-hydrogen) atoms. The summed E-state index contributed by atoms with van der Waals surface area (Å²) in [6, 6.07) is -0.994. The van der Waals surface area contributed by atoms with Crippen LogP contribution in [0.3, 0.4) is 0 Å². The number of nitrogens with one attached hydrogen (secondary N) is 1. The Kier molecular flexibility index (Phi) is 37.4. The van der Waals surface area contributed by atoms with Gasteiger partial charge in [0, 0.05) is 6.54 Å². The molecule has 0 aromatic carbocycles. The molecule has 4 unspecified atom stereocenters. The Morgan fingerprint density at radius 3 is 1.60 bits per heavy atom. The Bertz CT molecular complexity index is 888. The van der Waals surface area contributed by atoms with Crippen LogP contribution in [0.15, 0.2) is 24.3 Å². The average molecular weight is 759 g/mol. The zero-order chi connectivity index (χ0) is 38.4. The fourth-order valence-electron chi connectivity index (χ4n) is 6.31. The third kappa shape index (κ3) is 35.9. The van der Waals surface area contributed by atoms with Gasteiger partial charge in [-0.3, -0.25) is 13.8 Å². The van der Waals surface area contributed by atoms with Gasteiger partial charge in [-0.25, -0.2) is 4.57 Å². The Morgan fingerprint density at radius 1 is 0.654 bits per heavy atom. The lowest BCUT2D eigenvalue weighted by Crippen LogP contribution is -2.46. The summed E-state index contributed by atoms with van der Waals surface area (Å²) in [7, 11) is -4.40. The van der Waals surface area contributed by atoms with Gasteiger partial charge in [0.15, 0.2) is 0 Å². The number of aliphatic hydroxyl groups is 2. The van der Waals surface area contributed by atoms with E-state index in [2.05, 4.69) is 31.3 Å². The summed E-state index contributed by atoms with van der Waals surface area (Å²) in [6.45, 7) is 3.92. The number of amides is 1. The summed E-state index contributed by atoms with van der Waals surface area (Å²) in [5.74, 6) is -0.455. The van der Waals surface area contributed by atoms with Gasteiger partial charge in [-0.1, -0.05) is 186 Å². The van der Waals surface area contributed by atoms with Crippen LogP contribution in [0.5, 0.6) is 0 Å². The molecule has 0 bridgehead atoms. The number of allylic oxidation sites excluding steroid dienone is 3. The van der Waals surface area contributed by atoms with Crippen LogP contribution in [0.1, 0.15) is 200 Å². The fraction of sp³-hybridized carbons (Fsp3) is 0.881. The maximum absolute atomic E-state index is 12.8. The molecule has 0 aromatic heterocycles. The van der Waals surface area contributed by atoms with Gasteiger partial charge < -0.3 is 26.2 Å². The normalized spacial score (nSPS) is 15.0. The van der Waals surface area contributed by atoms with Crippen LogP contribution in [-0.4, -0.2) is 59.0 Å². The number of hydrogen-bond acceptors (Lipinski definition) is 7. The fourth-order valence-corrected chi connectivity index (χ4v) is 7.07. The molecule has 0 spiro atoms. The molecule has 6 N–H and O–H groups in total. The molecular weight excluding hydrogens is 675 g/mol. The maximum atomic E-state index is 12.8. The highest BCUT2D eigenvalue weighted by Crippen LogP contribution is 2.43. The van der Waals surface area contributed by atoms with Gasteiger partial charge in [-0.15, -0.1) is 0 Å². The second kappa shape index (κ2) is 38.2. The predicted octanol–water partition coefficient (Wildman–Crippen LogP) is 10.8. The SMILES string of the molecule is CCCCCC/C=C/CC/C=C/C(O)C(COP(=O)(O)OCCN)NC(=O)CC(O)CCCCCCCCCCCCCCCCCCCCCC. The number of carbonyl (C=O) groups is 1. The van der Waals surface area contributed by atoms with Crippen molar-refractivity contribution in [2.75, 3.05) is 19.8 Å². The molecule has 0 aromatic rings. The van der Waals surface area contributed by atoms with Gasteiger partial charge in [-0.05, 0) is 32.1 Å². The third-order valence-electron chi connectivity index (χ3n) is 9.58. The zero-order valence-corrected chi connectivity index (χ0v) is 34.6. The number of nitrogens with two attached hydrogens (primary N) is 1. The van der Waals surface area contributed by atoms with Gasteiger partial charge in [0.25, 0.3) is 0 Å². The third-order valence-corrected chi connectivity index (χ3v) is 10.6. The largest absolute Gasteiger partial charge is 0.472 e. The minimum absolute atomic E-state index is 0.0457. The molecule has 0 heterocycles. The quantitative estimate of drug-likeness (QED) is 0.0235. The first kappa shape index (κ1) is 50.9. The first-order valence-corrected chi connectivity index (χ1v) is 23.0. The van der Waals surface area contributed by atoms with Gasteiger partial charge in [0.1, 0.15) is 0 Å². The predicted molar refractivity (Wildman–Crippen MR) is 218 cm³/mol. The average Bonchev–Trinajstić information content (AvgIpc) is 3.12. The van der Waals surface area contributed by atoms with Crippen LogP contribution < -0.4 is 11.1 Å². The summed E-state index contributed by atoms with van der Waals surface area (Å²) in [4.78, 5) is 22.7. The van der Waals surface area contributed by atoms with E-state index in [1.54, 1.807) is 6.08 Å². The van der Waals surface area contributed by atoms with E-state index in [1.165, 1.54) is 135 Å². The molecule has 0 rings (SSSR count). The van der Waals surface area contributed by atoms with Crippen molar-refractivity contribution in [3.05, 3.63) is 24.3 Å². The highest BCUT2D eigenvalue weighted by Gasteiger charge is 2.27. The van der Waals surface area contributed by atoms with Crippen LogP contribution in [0.4, 0.5) is 0 Å². The Balaban J connectivity index is 4.19. The Morgan fingerprint density at radius 2 is 1.10 bits per heavy atom. The van der Waals surface area contributed by atoms with E-state index >= 15 is 0 Å². The van der Waals surface area contributed by atoms with Gasteiger partial charge in [-0.2, -0.15) is 0 Å². The van der Waals surface area contributed by atoms with Crippen molar-refractivity contribution in [1.82, 2.24) is 5.32 Å². The summed E-state index contributed by atoms with van der Waals surface area (Å²) >= 11 is 0. The van der Waals surface area contributed by atoms with Crippen LogP contribution in [0.25, 0.3) is 0 Å². The number of unbranched alkanes of at least 4 members (excludes halogenated alkanes) is 24. The molecule has 9 nitrogen and oxygen atoms in total. The molecule has 0 fully saturated rings. The first-order valence-electron chi connectivity index (χ1n) is 21.5. The van der Waals surface area contributed by atoms with Gasteiger partial charge in [0.2, 0.25) is 5.91 Å². The van der Waals surface area contributed by atoms with Gasteiger partial charge >= 0.3 is 7.82 Å². The van der Waals surface area contributed by atoms with Crippen molar-refractivity contribution in [1.29, 1.82) is 0 Å². The second-order valence-corrected chi connectivity index (χ2v) is 16.2. The first-order chi connectivity index (χ1) is 25.3.